The maximum atomic E-state index is 13.5. The first-order valence-electron chi connectivity index (χ1n) is 10.8. The molecule has 2 N–H and O–H groups in total. The predicted octanol–water partition coefficient (Wildman–Crippen LogP) is 3.01. The number of carbonyl (C=O) groups excluding carboxylic acids is 3. The standard InChI is InChI=1S/C23H31N3O7/c1-22(2,3)32-20(30)24-26(21(31)33-23(4,5)6)16-12-15-14-10-8-7-9-13(14)11-17(19(28)29)25(15)18(16)27/h7-10,15-17H,11-12H2,1-6H3,(H,24,30)(H,28,29)/t15-,16+,17+/m1/s1. The Morgan fingerprint density at radius 2 is 1.67 bits per heavy atom. The lowest BCUT2D eigenvalue weighted by molar-refractivity contribution is -0.151. The molecular weight excluding hydrogens is 430 g/mol. The van der Waals surface area contributed by atoms with Crippen molar-refractivity contribution in [1.82, 2.24) is 15.3 Å². The summed E-state index contributed by atoms with van der Waals surface area (Å²) >= 11 is 0. The fraction of sp³-hybridized carbons (Fsp3) is 0.565. The maximum Gasteiger partial charge on any atom is 0.430 e. The van der Waals surface area contributed by atoms with E-state index in [1.54, 1.807) is 41.5 Å². The van der Waals surface area contributed by atoms with Crippen LogP contribution in [0, 0.1) is 0 Å². The van der Waals surface area contributed by atoms with Gasteiger partial charge in [0.25, 0.3) is 0 Å². The second-order valence-electron chi connectivity index (χ2n) is 10.2. The third kappa shape index (κ3) is 5.37. The van der Waals surface area contributed by atoms with Crippen molar-refractivity contribution in [1.29, 1.82) is 0 Å². The normalized spacial score (nSPS) is 22.2. The molecule has 0 bridgehead atoms. The highest BCUT2D eigenvalue weighted by Crippen LogP contribution is 2.42. The largest absolute Gasteiger partial charge is 0.480 e. The molecule has 1 saturated heterocycles. The molecule has 180 valence electrons. The van der Waals surface area contributed by atoms with E-state index in [2.05, 4.69) is 5.43 Å². The minimum absolute atomic E-state index is 0.0919. The summed E-state index contributed by atoms with van der Waals surface area (Å²) in [6.07, 6.45) is -1.62. The Labute approximate surface area is 192 Å². The van der Waals surface area contributed by atoms with Gasteiger partial charge in [-0.25, -0.2) is 24.8 Å². The molecule has 2 aliphatic rings. The molecular formula is C23H31N3O7. The summed E-state index contributed by atoms with van der Waals surface area (Å²) in [7, 11) is 0. The third-order valence-corrected chi connectivity index (χ3v) is 5.28. The molecule has 2 heterocycles. The molecule has 10 heteroatoms. The van der Waals surface area contributed by atoms with E-state index in [0.717, 1.165) is 16.1 Å². The summed E-state index contributed by atoms with van der Waals surface area (Å²) in [5.41, 5.74) is 2.28. The van der Waals surface area contributed by atoms with Gasteiger partial charge < -0.3 is 19.5 Å². The van der Waals surface area contributed by atoms with E-state index in [4.69, 9.17) is 9.47 Å². The summed E-state index contributed by atoms with van der Waals surface area (Å²) in [5, 5.41) is 10.6. The van der Waals surface area contributed by atoms with Gasteiger partial charge in [-0.1, -0.05) is 24.3 Å². The summed E-state index contributed by atoms with van der Waals surface area (Å²) in [4.78, 5) is 52.2. The van der Waals surface area contributed by atoms with E-state index in [1.165, 1.54) is 4.90 Å². The van der Waals surface area contributed by atoms with Gasteiger partial charge in [0.15, 0.2) is 0 Å². The number of carboxylic acid groups (broad SMARTS) is 1. The Bertz CT molecular complexity index is 964. The molecule has 0 radical (unpaired) electrons. The van der Waals surface area contributed by atoms with Crippen molar-refractivity contribution >= 4 is 24.1 Å². The molecule has 0 saturated carbocycles. The highest BCUT2D eigenvalue weighted by atomic mass is 16.6. The van der Waals surface area contributed by atoms with Gasteiger partial charge in [-0.15, -0.1) is 0 Å². The summed E-state index contributed by atoms with van der Waals surface area (Å²) in [6, 6.07) is 4.53. The van der Waals surface area contributed by atoms with Crippen molar-refractivity contribution in [2.45, 2.75) is 83.7 Å². The van der Waals surface area contributed by atoms with E-state index in [0.29, 0.717) is 0 Å². The number of hydrogen-bond donors (Lipinski definition) is 2. The molecule has 3 amide bonds. The zero-order chi connectivity index (χ0) is 24.7. The first kappa shape index (κ1) is 24.3. The molecule has 1 fully saturated rings. The molecule has 0 spiro atoms. The molecule has 10 nitrogen and oxygen atoms in total. The zero-order valence-corrected chi connectivity index (χ0v) is 19.7. The Kier molecular flexibility index (Phi) is 6.32. The highest BCUT2D eigenvalue weighted by molar-refractivity contribution is 5.93. The zero-order valence-electron chi connectivity index (χ0n) is 19.7. The van der Waals surface area contributed by atoms with Gasteiger partial charge in [0, 0.05) is 12.8 Å². The van der Waals surface area contributed by atoms with Crippen molar-refractivity contribution < 1.29 is 33.8 Å². The first-order valence-corrected chi connectivity index (χ1v) is 10.8. The number of rotatable bonds is 2. The quantitative estimate of drug-likeness (QED) is 0.649. The van der Waals surface area contributed by atoms with Crippen LogP contribution < -0.4 is 5.43 Å². The van der Waals surface area contributed by atoms with Crippen LogP contribution in [0.1, 0.15) is 65.1 Å². The lowest BCUT2D eigenvalue weighted by atomic mass is 9.88. The van der Waals surface area contributed by atoms with Gasteiger partial charge in [0.1, 0.15) is 23.3 Å². The number of hydrogen-bond acceptors (Lipinski definition) is 6. The van der Waals surface area contributed by atoms with Crippen molar-refractivity contribution in [3.8, 4) is 0 Å². The Morgan fingerprint density at radius 1 is 1.06 bits per heavy atom. The summed E-state index contributed by atoms with van der Waals surface area (Å²) < 4.78 is 10.7. The minimum atomic E-state index is -1.16. The molecule has 1 aromatic rings. The molecule has 0 aromatic heterocycles. The van der Waals surface area contributed by atoms with Crippen LogP contribution in [0.5, 0.6) is 0 Å². The highest BCUT2D eigenvalue weighted by Gasteiger charge is 2.52. The van der Waals surface area contributed by atoms with E-state index in [-0.39, 0.29) is 12.8 Å². The van der Waals surface area contributed by atoms with Crippen LogP contribution in [0.2, 0.25) is 0 Å². The number of amides is 3. The number of fused-ring (bicyclic) bond motifs is 3. The van der Waals surface area contributed by atoms with Crippen LogP contribution in [-0.2, 0) is 25.5 Å². The molecule has 1 aromatic carbocycles. The number of aliphatic carboxylic acids is 1. The lowest BCUT2D eigenvalue weighted by Crippen LogP contribution is -2.57. The Morgan fingerprint density at radius 3 is 2.24 bits per heavy atom. The first-order chi connectivity index (χ1) is 15.2. The van der Waals surface area contributed by atoms with Crippen LogP contribution in [0.25, 0.3) is 0 Å². The predicted molar refractivity (Wildman–Crippen MR) is 117 cm³/mol. The minimum Gasteiger partial charge on any atom is -0.480 e. The monoisotopic (exact) mass is 461 g/mol. The van der Waals surface area contributed by atoms with Gasteiger partial charge in [-0.3, -0.25) is 4.79 Å². The van der Waals surface area contributed by atoms with Gasteiger partial charge in [0.05, 0.1) is 6.04 Å². The lowest BCUT2D eigenvalue weighted by Gasteiger charge is -2.36. The number of ether oxygens (including phenoxy) is 2. The topological polar surface area (TPSA) is 125 Å². The smallest absolute Gasteiger partial charge is 0.430 e. The summed E-state index contributed by atoms with van der Waals surface area (Å²) in [5.74, 6) is -1.71. The number of nitrogens with zero attached hydrogens (tertiary/aromatic N) is 2. The average molecular weight is 462 g/mol. The second kappa shape index (κ2) is 8.57. The van der Waals surface area contributed by atoms with Crippen molar-refractivity contribution in [2.75, 3.05) is 0 Å². The molecule has 2 aliphatic heterocycles. The fourth-order valence-corrected chi connectivity index (χ4v) is 4.13. The second-order valence-corrected chi connectivity index (χ2v) is 10.2. The molecule has 0 aliphatic carbocycles. The molecule has 0 unspecified atom stereocenters. The van der Waals surface area contributed by atoms with Gasteiger partial charge >= 0.3 is 18.2 Å². The van der Waals surface area contributed by atoms with Crippen molar-refractivity contribution in [2.24, 2.45) is 0 Å². The van der Waals surface area contributed by atoms with Crippen molar-refractivity contribution in [3.05, 3.63) is 35.4 Å². The van der Waals surface area contributed by atoms with Crippen LogP contribution in [0.3, 0.4) is 0 Å². The molecule has 33 heavy (non-hydrogen) atoms. The van der Waals surface area contributed by atoms with Crippen LogP contribution in [-0.4, -0.2) is 62.4 Å². The number of carboxylic acids is 1. The van der Waals surface area contributed by atoms with Gasteiger partial charge in [-0.2, -0.15) is 0 Å². The number of nitrogens with one attached hydrogen (secondary N) is 1. The van der Waals surface area contributed by atoms with Gasteiger partial charge in [-0.05, 0) is 52.7 Å². The van der Waals surface area contributed by atoms with Crippen LogP contribution in [0.4, 0.5) is 9.59 Å². The molecule has 3 rings (SSSR count). The summed E-state index contributed by atoms with van der Waals surface area (Å²) in [6.45, 7) is 9.98. The number of hydrazine groups is 1. The average Bonchev–Trinajstić information content (AvgIpc) is 3.00. The van der Waals surface area contributed by atoms with Crippen LogP contribution >= 0.6 is 0 Å². The SMILES string of the molecule is CC(C)(C)OC(=O)NN(C(=O)OC(C)(C)C)[C@H]1C[C@@H]2c3ccccc3C[C@@H](C(=O)O)N2C1=O. The third-order valence-electron chi connectivity index (χ3n) is 5.28. The molecule has 3 atom stereocenters. The maximum absolute atomic E-state index is 13.5. The Hall–Kier alpha value is -3.30. The van der Waals surface area contributed by atoms with E-state index >= 15 is 0 Å². The van der Waals surface area contributed by atoms with E-state index in [1.807, 2.05) is 24.3 Å². The fourth-order valence-electron chi connectivity index (χ4n) is 4.13. The number of carbonyl (C=O) groups is 4. The number of benzene rings is 1. The van der Waals surface area contributed by atoms with E-state index in [9.17, 15) is 24.3 Å². The van der Waals surface area contributed by atoms with Crippen molar-refractivity contribution in [3.63, 3.8) is 0 Å². The van der Waals surface area contributed by atoms with E-state index < -0.39 is 53.4 Å². The van der Waals surface area contributed by atoms with Gasteiger partial charge in [0.2, 0.25) is 5.91 Å². The Balaban J connectivity index is 1.97. The van der Waals surface area contributed by atoms with Crippen LogP contribution in [0.15, 0.2) is 24.3 Å².